The van der Waals surface area contributed by atoms with Crippen molar-refractivity contribution in [2.45, 2.75) is 26.1 Å². The number of nitrogens with one attached hydrogen (secondary N) is 1. The van der Waals surface area contributed by atoms with E-state index in [0.29, 0.717) is 38.4 Å². The molecule has 1 aliphatic rings. The van der Waals surface area contributed by atoms with Gasteiger partial charge in [0.2, 0.25) is 0 Å². The molecule has 4 aromatic rings. The number of piperazine rings is 1. The Morgan fingerprint density at radius 3 is 2.61 bits per heavy atom. The molecule has 3 amide bonds. The van der Waals surface area contributed by atoms with Crippen LogP contribution in [0.1, 0.15) is 28.5 Å². The summed E-state index contributed by atoms with van der Waals surface area (Å²) in [5.41, 5.74) is 2.81. The minimum absolute atomic E-state index is 0.00232. The molecule has 36 heavy (non-hydrogen) atoms. The van der Waals surface area contributed by atoms with Gasteiger partial charge in [-0.15, -0.1) is 11.3 Å². The summed E-state index contributed by atoms with van der Waals surface area (Å²) in [6.07, 6.45) is 0. The van der Waals surface area contributed by atoms with Crippen molar-refractivity contribution in [3.8, 4) is 5.75 Å². The third kappa shape index (κ3) is 4.95. The molecule has 1 aliphatic heterocycles. The average molecular weight is 503 g/mol. The molecule has 8 heteroatoms. The summed E-state index contributed by atoms with van der Waals surface area (Å²) in [7, 11) is 1.66. The summed E-state index contributed by atoms with van der Waals surface area (Å²) in [5, 5.41) is 6.12. The van der Waals surface area contributed by atoms with Gasteiger partial charge in [-0.2, -0.15) is 0 Å². The third-order valence-electron chi connectivity index (χ3n) is 6.66. The first-order valence-electron chi connectivity index (χ1n) is 12.1. The van der Waals surface area contributed by atoms with Crippen LogP contribution in [0.3, 0.4) is 0 Å². The number of carbonyl (C=O) groups is 2. The lowest BCUT2D eigenvalue weighted by atomic mass is 10.1. The number of amides is 3. The molecule has 1 fully saturated rings. The molecule has 0 aliphatic carbocycles. The first kappa shape index (κ1) is 23.9. The second-order valence-corrected chi connectivity index (χ2v) is 9.98. The van der Waals surface area contributed by atoms with Crippen LogP contribution in [0.15, 0.2) is 72.1 Å². The highest BCUT2D eigenvalue weighted by atomic mass is 32.1. The van der Waals surface area contributed by atoms with Gasteiger partial charge in [0.25, 0.3) is 5.91 Å². The predicted octanol–water partition coefficient (Wildman–Crippen LogP) is 4.82. The lowest BCUT2D eigenvalue weighted by Crippen LogP contribution is -2.57. The Morgan fingerprint density at radius 2 is 1.83 bits per heavy atom. The van der Waals surface area contributed by atoms with E-state index in [0.717, 1.165) is 27.1 Å². The molecule has 5 rings (SSSR count). The maximum Gasteiger partial charge on any atom is 0.318 e. The van der Waals surface area contributed by atoms with E-state index in [1.807, 2.05) is 77.4 Å². The summed E-state index contributed by atoms with van der Waals surface area (Å²) in [6, 6.07) is 21.7. The summed E-state index contributed by atoms with van der Waals surface area (Å²) in [6.45, 7) is 4.56. The van der Waals surface area contributed by atoms with Gasteiger partial charge in [0.15, 0.2) is 0 Å². The molecule has 1 N–H and O–H groups in total. The van der Waals surface area contributed by atoms with Crippen molar-refractivity contribution in [2.75, 3.05) is 26.7 Å². The van der Waals surface area contributed by atoms with Crippen molar-refractivity contribution in [1.82, 2.24) is 19.7 Å². The van der Waals surface area contributed by atoms with Gasteiger partial charge in [0, 0.05) is 44.2 Å². The van der Waals surface area contributed by atoms with Crippen LogP contribution in [-0.2, 0) is 13.1 Å². The van der Waals surface area contributed by atoms with E-state index in [9.17, 15) is 9.59 Å². The number of benzene rings is 2. The Bertz CT molecular complexity index is 1360. The van der Waals surface area contributed by atoms with Gasteiger partial charge < -0.3 is 24.4 Å². The molecular formula is C28H30N4O3S. The van der Waals surface area contributed by atoms with Gasteiger partial charge in [0.05, 0.1) is 7.11 Å². The van der Waals surface area contributed by atoms with Crippen molar-refractivity contribution in [2.24, 2.45) is 0 Å². The van der Waals surface area contributed by atoms with Crippen molar-refractivity contribution < 1.29 is 14.3 Å². The number of aromatic nitrogens is 1. The van der Waals surface area contributed by atoms with E-state index in [2.05, 4.69) is 21.3 Å². The molecule has 0 spiro atoms. The van der Waals surface area contributed by atoms with Gasteiger partial charge in [-0.1, -0.05) is 42.5 Å². The van der Waals surface area contributed by atoms with Crippen molar-refractivity contribution in [3.63, 3.8) is 0 Å². The number of urea groups is 1. The van der Waals surface area contributed by atoms with Crippen LogP contribution in [0, 0.1) is 0 Å². The van der Waals surface area contributed by atoms with E-state index >= 15 is 0 Å². The molecule has 1 saturated heterocycles. The number of hydrogen-bond donors (Lipinski definition) is 1. The first-order valence-corrected chi connectivity index (χ1v) is 13.0. The van der Waals surface area contributed by atoms with Crippen LogP contribution in [-0.4, -0.2) is 59.1 Å². The monoisotopic (exact) mass is 502 g/mol. The predicted molar refractivity (Wildman–Crippen MR) is 143 cm³/mol. The number of fused-ring (bicyclic) bond motifs is 1. The molecule has 0 bridgehead atoms. The van der Waals surface area contributed by atoms with E-state index in [1.165, 1.54) is 0 Å². The van der Waals surface area contributed by atoms with E-state index < -0.39 is 0 Å². The topological polar surface area (TPSA) is 66.8 Å². The average Bonchev–Trinajstić information content (AvgIpc) is 3.50. The quantitative estimate of drug-likeness (QED) is 0.411. The second-order valence-electron chi connectivity index (χ2n) is 9.09. The number of rotatable bonds is 6. The highest BCUT2D eigenvalue weighted by Gasteiger charge is 2.31. The normalized spacial score (nSPS) is 15.8. The minimum atomic E-state index is -0.0969. The van der Waals surface area contributed by atoms with Gasteiger partial charge in [-0.3, -0.25) is 4.79 Å². The number of thiophene rings is 1. The van der Waals surface area contributed by atoms with Crippen LogP contribution in [0.25, 0.3) is 10.2 Å². The molecular weight excluding hydrogens is 472 g/mol. The van der Waals surface area contributed by atoms with Crippen molar-refractivity contribution in [3.05, 3.63) is 88.9 Å². The van der Waals surface area contributed by atoms with Crippen LogP contribution in [0.5, 0.6) is 5.75 Å². The first-order chi connectivity index (χ1) is 17.5. The fourth-order valence-corrected chi connectivity index (χ4v) is 5.64. The van der Waals surface area contributed by atoms with Crippen LogP contribution >= 0.6 is 11.3 Å². The lowest BCUT2D eigenvalue weighted by molar-refractivity contribution is 0.0570. The Hall–Kier alpha value is -3.78. The van der Waals surface area contributed by atoms with Crippen molar-refractivity contribution in [1.29, 1.82) is 0 Å². The summed E-state index contributed by atoms with van der Waals surface area (Å²) < 4.78 is 7.48. The maximum atomic E-state index is 13.7. The van der Waals surface area contributed by atoms with E-state index in [4.69, 9.17) is 4.74 Å². The molecule has 7 nitrogen and oxygen atoms in total. The summed E-state index contributed by atoms with van der Waals surface area (Å²) in [4.78, 5) is 31.3. The molecule has 1 atom stereocenters. The summed E-state index contributed by atoms with van der Waals surface area (Å²) >= 11 is 1.64. The zero-order chi connectivity index (χ0) is 25.1. The second kappa shape index (κ2) is 10.5. The lowest BCUT2D eigenvalue weighted by Gasteiger charge is -2.39. The van der Waals surface area contributed by atoms with Crippen LogP contribution < -0.4 is 10.1 Å². The number of nitrogens with zero attached hydrogens (tertiary/aromatic N) is 3. The van der Waals surface area contributed by atoms with Crippen LogP contribution in [0.4, 0.5) is 4.79 Å². The molecule has 2 aromatic carbocycles. The number of hydrogen-bond acceptors (Lipinski definition) is 4. The van der Waals surface area contributed by atoms with Crippen molar-refractivity contribution >= 4 is 33.5 Å². The smallest absolute Gasteiger partial charge is 0.318 e. The minimum Gasteiger partial charge on any atom is -0.497 e. The molecule has 3 heterocycles. The SMILES string of the molecule is COc1cccc(Cn2c(C(=O)N3CCN(C(=O)NCc4ccccc4)[C@H](C)C3)cc3ccsc32)c1. The van der Waals surface area contributed by atoms with Gasteiger partial charge in [-0.25, -0.2) is 4.79 Å². The number of methoxy groups -OCH3 is 1. The molecule has 2 aromatic heterocycles. The third-order valence-corrected chi connectivity index (χ3v) is 7.61. The van der Waals surface area contributed by atoms with E-state index in [-0.39, 0.29) is 18.0 Å². The van der Waals surface area contributed by atoms with Crippen LogP contribution in [0.2, 0.25) is 0 Å². The molecule has 186 valence electrons. The molecule has 0 radical (unpaired) electrons. The fraction of sp³-hybridized carbons (Fsp3) is 0.286. The van der Waals surface area contributed by atoms with Gasteiger partial charge in [0.1, 0.15) is 16.3 Å². The van der Waals surface area contributed by atoms with Gasteiger partial charge in [-0.05, 0) is 47.7 Å². The number of ether oxygens (including phenoxy) is 1. The Kier molecular flexibility index (Phi) is 6.95. The Balaban J connectivity index is 1.29. The number of carbonyl (C=O) groups excluding carboxylic acids is 2. The largest absolute Gasteiger partial charge is 0.497 e. The highest BCUT2D eigenvalue weighted by Crippen LogP contribution is 2.28. The standard InChI is InChI=1S/C28H30N4O3S/c1-20-18-30(12-13-31(20)28(34)29-17-21-7-4-3-5-8-21)26(33)25-16-23-11-14-36-27(23)32(25)19-22-9-6-10-24(15-22)35-2/h3-11,14-16,20H,12-13,17-19H2,1-2H3,(H,29,34)/t20-/m1/s1. The van der Waals surface area contributed by atoms with Gasteiger partial charge >= 0.3 is 6.03 Å². The highest BCUT2D eigenvalue weighted by molar-refractivity contribution is 7.16. The fourth-order valence-electron chi connectivity index (χ4n) is 4.74. The summed E-state index contributed by atoms with van der Waals surface area (Å²) in [5.74, 6) is 0.794. The molecule has 0 unspecified atom stereocenters. The zero-order valence-corrected chi connectivity index (χ0v) is 21.3. The Morgan fingerprint density at radius 1 is 1.03 bits per heavy atom. The van der Waals surface area contributed by atoms with E-state index in [1.54, 1.807) is 18.4 Å². The molecule has 0 saturated carbocycles. The maximum absolute atomic E-state index is 13.7. The Labute approximate surface area is 214 Å². The zero-order valence-electron chi connectivity index (χ0n) is 20.5.